The van der Waals surface area contributed by atoms with Crippen LogP contribution in [-0.4, -0.2) is 12.1 Å². The zero-order valence-corrected chi connectivity index (χ0v) is 17.4. The molecule has 0 aliphatic heterocycles. The molecule has 2 heterocycles. The van der Waals surface area contributed by atoms with E-state index in [1.165, 1.54) is 5.56 Å². The molecule has 3 aromatic carbocycles. The van der Waals surface area contributed by atoms with E-state index < -0.39 is 0 Å². The molecular formula is C25H23N4O2+. The van der Waals surface area contributed by atoms with Gasteiger partial charge in [-0.05, 0) is 60.5 Å². The number of nitrogens with one attached hydrogen (secondary N) is 3. The fourth-order valence-electron chi connectivity index (χ4n) is 3.60. The predicted octanol–water partition coefficient (Wildman–Crippen LogP) is 4.89. The first-order valence-corrected chi connectivity index (χ1v) is 10.2. The van der Waals surface area contributed by atoms with Crippen molar-refractivity contribution < 1.29 is 14.1 Å². The third kappa shape index (κ3) is 3.75. The summed E-state index contributed by atoms with van der Waals surface area (Å²) in [4.78, 5) is 6.60. The lowest BCUT2D eigenvalue weighted by Crippen LogP contribution is -2.12. The Morgan fingerprint density at radius 1 is 1.03 bits per heavy atom. The molecule has 0 saturated heterocycles. The van der Waals surface area contributed by atoms with Gasteiger partial charge in [-0.2, -0.15) is 5.43 Å². The molecule has 0 saturated carbocycles. The third-order valence-corrected chi connectivity index (χ3v) is 5.32. The van der Waals surface area contributed by atoms with Crippen LogP contribution in [0.25, 0.3) is 33.3 Å². The number of rotatable bonds is 5. The van der Waals surface area contributed by atoms with Gasteiger partial charge in [0.05, 0.1) is 7.11 Å². The molecule has 0 atom stereocenters. The Morgan fingerprint density at radius 3 is 2.65 bits per heavy atom. The molecule has 0 aliphatic rings. The fourth-order valence-corrected chi connectivity index (χ4v) is 3.60. The van der Waals surface area contributed by atoms with E-state index in [0.717, 1.165) is 50.9 Å². The first-order chi connectivity index (χ1) is 15.2. The van der Waals surface area contributed by atoms with E-state index in [1.807, 2.05) is 60.7 Å². The number of aryl methyl sites for hydroxylation is 1. The summed E-state index contributed by atoms with van der Waals surface area (Å²) in [7, 11) is 1.66. The molecule has 0 bridgehead atoms. The summed E-state index contributed by atoms with van der Waals surface area (Å²) in [5.74, 6) is 2.26. The average molecular weight is 411 g/mol. The number of H-pyrrole nitrogens is 2. The fraction of sp³-hybridized carbons (Fsp3) is 0.120. The van der Waals surface area contributed by atoms with Crippen LogP contribution in [0.5, 0.6) is 5.75 Å². The molecule has 2 aromatic heterocycles. The molecule has 0 amide bonds. The Kier molecular flexibility index (Phi) is 4.88. The Hall–Kier alpha value is -4.06. The van der Waals surface area contributed by atoms with E-state index in [2.05, 4.69) is 34.5 Å². The van der Waals surface area contributed by atoms with Crippen LogP contribution in [0.3, 0.4) is 0 Å². The minimum Gasteiger partial charge on any atom is -0.497 e. The molecule has 5 aromatic rings. The summed E-state index contributed by atoms with van der Waals surface area (Å²) in [6.07, 6.45) is 0.943. The summed E-state index contributed by atoms with van der Waals surface area (Å²) in [6, 6.07) is 24.0. The smallest absolute Gasteiger partial charge is 0.377 e. The number of imidazole rings is 1. The number of nitrogens with zero attached hydrogens (tertiary/aromatic N) is 1. The molecule has 0 radical (unpaired) electrons. The zero-order valence-electron chi connectivity index (χ0n) is 17.4. The minimum absolute atomic E-state index is 0.716. The molecule has 3 N–H and O–H groups in total. The number of benzene rings is 3. The van der Waals surface area contributed by atoms with Gasteiger partial charge in [0.2, 0.25) is 0 Å². The Balaban J connectivity index is 1.63. The zero-order chi connectivity index (χ0) is 21.2. The summed E-state index contributed by atoms with van der Waals surface area (Å²) >= 11 is 0. The van der Waals surface area contributed by atoms with Crippen molar-refractivity contribution >= 4 is 28.0 Å². The summed E-state index contributed by atoms with van der Waals surface area (Å²) < 4.78 is 11.5. The van der Waals surface area contributed by atoms with E-state index in [4.69, 9.17) is 14.3 Å². The number of methoxy groups -OCH3 is 1. The lowest BCUT2D eigenvalue weighted by molar-refractivity contribution is -0.326. The molecular weight excluding hydrogens is 388 g/mol. The van der Waals surface area contributed by atoms with Gasteiger partial charge in [-0.25, -0.2) is 9.97 Å². The molecule has 154 valence electrons. The van der Waals surface area contributed by atoms with Gasteiger partial charge in [0.1, 0.15) is 33.5 Å². The van der Waals surface area contributed by atoms with Gasteiger partial charge >= 0.3 is 5.95 Å². The van der Waals surface area contributed by atoms with Crippen LogP contribution in [0.1, 0.15) is 12.5 Å². The number of anilines is 1. The van der Waals surface area contributed by atoms with Crippen LogP contribution in [0.2, 0.25) is 0 Å². The number of hydrogen-bond donors (Lipinski definition) is 2. The SMILES string of the molecule is CCc1ccc2oc(-c3ccc(OC)cc3)cc(=NNc3[nH]c4ccccc4[nH+]3)c2c1. The highest BCUT2D eigenvalue weighted by atomic mass is 16.5. The van der Waals surface area contributed by atoms with Gasteiger partial charge < -0.3 is 9.15 Å². The number of aromatic nitrogens is 2. The van der Waals surface area contributed by atoms with Crippen molar-refractivity contribution in [1.82, 2.24) is 4.98 Å². The van der Waals surface area contributed by atoms with Crippen molar-refractivity contribution in [2.75, 3.05) is 12.5 Å². The lowest BCUT2D eigenvalue weighted by Gasteiger charge is -2.07. The van der Waals surface area contributed by atoms with Crippen molar-refractivity contribution in [3.8, 4) is 17.1 Å². The molecule has 0 aliphatic carbocycles. The Morgan fingerprint density at radius 2 is 1.87 bits per heavy atom. The van der Waals surface area contributed by atoms with Crippen LogP contribution in [0.4, 0.5) is 5.95 Å². The van der Waals surface area contributed by atoms with E-state index in [-0.39, 0.29) is 0 Å². The molecule has 31 heavy (non-hydrogen) atoms. The highest BCUT2D eigenvalue weighted by molar-refractivity contribution is 5.79. The van der Waals surface area contributed by atoms with Crippen molar-refractivity contribution in [3.63, 3.8) is 0 Å². The number of para-hydroxylation sites is 2. The summed E-state index contributed by atoms with van der Waals surface area (Å²) in [6.45, 7) is 2.14. The maximum Gasteiger partial charge on any atom is 0.377 e. The predicted molar refractivity (Wildman–Crippen MR) is 122 cm³/mol. The largest absolute Gasteiger partial charge is 0.497 e. The Labute approximate surface area is 179 Å². The monoisotopic (exact) mass is 411 g/mol. The van der Waals surface area contributed by atoms with Crippen molar-refractivity contribution in [1.29, 1.82) is 0 Å². The number of ether oxygens (including phenoxy) is 1. The van der Waals surface area contributed by atoms with Gasteiger partial charge in [-0.1, -0.05) is 25.1 Å². The van der Waals surface area contributed by atoms with Crippen LogP contribution < -0.4 is 20.5 Å². The second kappa shape index (κ2) is 7.99. The maximum absolute atomic E-state index is 6.22. The van der Waals surface area contributed by atoms with Crippen LogP contribution in [-0.2, 0) is 6.42 Å². The van der Waals surface area contributed by atoms with E-state index in [1.54, 1.807) is 7.11 Å². The number of hydrogen-bond acceptors (Lipinski definition) is 4. The van der Waals surface area contributed by atoms with Gasteiger partial charge in [-0.3, -0.25) is 0 Å². The van der Waals surface area contributed by atoms with E-state index in [0.29, 0.717) is 5.95 Å². The van der Waals surface area contributed by atoms with Gasteiger partial charge in [0.25, 0.3) is 0 Å². The van der Waals surface area contributed by atoms with Crippen LogP contribution >= 0.6 is 0 Å². The maximum atomic E-state index is 6.22. The topological polar surface area (TPSA) is 76.7 Å². The molecule has 5 rings (SSSR count). The van der Waals surface area contributed by atoms with E-state index in [9.17, 15) is 0 Å². The normalized spacial score (nSPS) is 11.9. The van der Waals surface area contributed by atoms with Crippen molar-refractivity contribution in [2.45, 2.75) is 13.3 Å². The van der Waals surface area contributed by atoms with Crippen LogP contribution in [0.15, 0.2) is 82.3 Å². The Bertz CT molecular complexity index is 1400. The van der Waals surface area contributed by atoms with E-state index >= 15 is 0 Å². The minimum atomic E-state index is 0.716. The molecule has 6 heteroatoms. The first-order valence-electron chi connectivity index (χ1n) is 10.2. The van der Waals surface area contributed by atoms with Crippen molar-refractivity contribution in [2.24, 2.45) is 5.10 Å². The highest BCUT2D eigenvalue weighted by Crippen LogP contribution is 2.25. The summed E-state index contributed by atoms with van der Waals surface area (Å²) in [5, 5.41) is 6.46. The van der Waals surface area contributed by atoms with Gasteiger partial charge in [0.15, 0.2) is 0 Å². The lowest BCUT2D eigenvalue weighted by atomic mass is 10.1. The summed E-state index contributed by atoms with van der Waals surface area (Å²) in [5.41, 5.74) is 8.13. The van der Waals surface area contributed by atoms with Crippen molar-refractivity contribution in [3.05, 3.63) is 83.7 Å². The molecule has 6 nitrogen and oxygen atoms in total. The van der Waals surface area contributed by atoms with Gasteiger partial charge in [-0.15, -0.1) is 5.10 Å². The number of fused-ring (bicyclic) bond motifs is 2. The molecule has 0 unspecified atom stereocenters. The second-order valence-corrected chi connectivity index (χ2v) is 7.30. The molecule has 0 fully saturated rings. The standard InChI is InChI=1S/C25H22N4O2/c1-3-16-8-13-23-19(14-16)22(15-24(31-23)17-9-11-18(30-2)12-10-17)28-29-25-26-20-6-4-5-7-21(20)27-25/h4-15H,3H2,1-2H3,(H2,26,27,29)/p+1. The first kappa shape index (κ1) is 18.9. The van der Waals surface area contributed by atoms with Gasteiger partial charge in [0, 0.05) is 17.0 Å². The average Bonchev–Trinajstić information content (AvgIpc) is 3.25. The highest BCUT2D eigenvalue weighted by Gasteiger charge is 2.10. The number of aromatic amines is 2. The molecule has 0 spiro atoms. The van der Waals surface area contributed by atoms with Crippen LogP contribution in [0, 0.1) is 0 Å². The quantitative estimate of drug-likeness (QED) is 0.404. The second-order valence-electron chi connectivity index (χ2n) is 7.30. The third-order valence-electron chi connectivity index (χ3n) is 5.32.